The molecule has 60 heavy (non-hydrogen) atoms. The van der Waals surface area contributed by atoms with Gasteiger partial charge in [-0.15, -0.1) is 0 Å². The van der Waals surface area contributed by atoms with Gasteiger partial charge in [0.05, 0.1) is 25.6 Å². The van der Waals surface area contributed by atoms with E-state index in [1.807, 2.05) is 6.92 Å². The lowest BCUT2D eigenvalue weighted by atomic mass is 9.88. The Hall–Kier alpha value is -2.43. The van der Waals surface area contributed by atoms with Gasteiger partial charge in [0, 0.05) is 26.2 Å². The van der Waals surface area contributed by atoms with Gasteiger partial charge in [-0.1, -0.05) is 149 Å². The summed E-state index contributed by atoms with van der Waals surface area (Å²) in [6.07, 6.45) is 32.0. The number of unbranched alkanes of at least 4 members (excludes halogenated alkanes) is 16. The first-order valence-corrected chi connectivity index (χ1v) is 24.7. The smallest absolute Gasteiger partial charge is 0.481 e. The van der Waals surface area contributed by atoms with Crippen LogP contribution in [-0.2, 0) is 33.3 Å². The minimum absolute atomic E-state index is 0.0210. The Morgan fingerprint density at radius 3 is 1.70 bits per heavy atom. The molecular formula is C50H93NO9. The van der Waals surface area contributed by atoms with Crippen LogP contribution in [0, 0.1) is 11.8 Å². The first-order chi connectivity index (χ1) is 29.2. The van der Waals surface area contributed by atoms with Crippen molar-refractivity contribution in [1.29, 1.82) is 0 Å². The largest absolute Gasteiger partial charge is 0.508 e. The topological polar surface area (TPSA) is 121 Å². The fourth-order valence-corrected chi connectivity index (χ4v) is 7.17. The summed E-state index contributed by atoms with van der Waals surface area (Å²) in [4.78, 5) is 40.8. The quantitative estimate of drug-likeness (QED) is 0.0274. The Bertz CT molecular complexity index is 1030. The number of carbonyl (C=O) groups excluding carboxylic acids is 2. The summed E-state index contributed by atoms with van der Waals surface area (Å²) in [7, 11) is 0. The van der Waals surface area contributed by atoms with Gasteiger partial charge < -0.3 is 33.7 Å². The van der Waals surface area contributed by atoms with Gasteiger partial charge in [-0.3, -0.25) is 9.59 Å². The molecule has 3 atom stereocenters. The molecule has 0 aromatic heterocycles. The highest BCUT2D eigenvalue weighted by Crippen LogP contribution is 2.25. The van der Waals surface area contributed by atoms with E-state index < -0.39 is 36.4 Å². The van der Waals surface area contributed by atoms with Crippen molar-refractivity contribution >= 4 is 18.1 Å². The van der Waals surface area contributed by atoms with Crippen LogP contribution in [0.1, 0.15) is 208 Å². The third-order valence-corrected chi connectivity index (χ3v) is 11.1. The third-order valence-electron chi connectivity index (χ3n) is 11.1. The normalized spacial score (nSPS) is 13.4. The zero-order valence-corrected chi connectivity index (χ0v) is 39.6. The number of carboxylic acids is 1. The van der Waals surface area contributed by atoms with Gasteiger partial charge in [0.15, 0.2) is 6.29 Å². The number of nitrogens with zero attached hydrogens (tertiary/aromatic N) is 1. The Labute approximate surface area is 368 Å². The van der Waals surface area contributed by atoms with Gasteiger partial charge in [-0.25, -0.2) is 4.79 Å². The molecule has 0 aliphatic carbocycles. The Balaban J connectivity index is 5.40. The molecule has 0 aromatic rings. The van der Waals surface area contributed by atoms with Crippen LogP contribution in [-0.4, -0.2) is 86.6 Å². The second-order valence-corrected chi connectivity index (χ2v) is 16.7. The van der Waals surface area contributed by atoms with Crippen molar-refractivity contribution < 1.29 is 43.2 Å². The fraction of sp³-hybridized carbons (Fsp3) is 0.860. The van der Waals surface area contributed by atoms with Crippen LogP contribution in [0.2, 0.25) is 0 Å². The van der Waals surface area contributed by atoms with Gasteiger partial charge in [-0.05, 0) is 89.6 Å². The molecule has 352 valence electrons. The van der Waals surface area contributed by atoms with E-state index in [-0.39, 0.29) is 32.0 Å². The molecule has 0 saturated heterocycles. The maximum Gasteiger partial charge on any atom is 0.508 e. The van der Waals surface area contributed by atoms with E-state index in [2.05, 4.69) is 63.8 Å². The molecule has 0 spiro atoms. The van der Waals surface area contributed by atoms with Crippen LogP contribution < -0.4 is 0 Å². The summed E-state index contributed by atoms with van der Waals surface area (Å²) in [5.41, 5.74) is 0. The van der Waals surface area contributed by atoms with Crippen LogP contribution in [0.5, 0.6) is 0 Å². The number of hydrogen-bond acceptors (Lipinski definition) is 9. The van der Waals surface area contributed by atoms with E-state index in [0.717, 1.165) is 83.8 Å². The predicted molar refractivity (Wildman–Crippen MR) is 246 cm³/mol. The van der Waals surface area contributed by atoms with Crippen molar-refractivity contribution in [2.24, 2.45) is 11.8 Å². The molecule has 0 aromatic carbocycles. The molecule has 10 heteroatoms. The molecule has 0 heterocycles. The molecule has 0 fully saturated rings. The highest BCUT2D eigenvalue weighted by atomic mass is 16.7. The molecule has 0 amide bonds. The van der Waals surface area contributed by atoms with Crippen molar-refractivity contribution in [3.63, 3.8) is 0 Å². The molecular weight excluding hydrogens is 759 g/mol. The van der Waals surface area contributed by atoms with Gasteiger partial charge in [-0.2, -0.15) is 0 Å². The van der Waals surface area contributed by atoms with Crippen LogP contribution in [0.25, 0.3) is 0 Å². The maximum atomic E-state index is 13.4. The molecule has 0 rings (SSSR count). The number of carboxylic acid groups (broad SMARTS) is 1. The minimum atomic E-state index is -1.02. The minimum Gasteiger partial charge on any atom is -0.481 e. The van der Waals surface area contributed by atoms with Gasteiger partial charge in [0.1, 0.15) is 6.10 Å². The molecule has 0 bridgehead atoms. The molecule has 0 aliphatic heterocycles. The SMILES string of the molecule is CCCCC/C=C\C/C=C\CCCCCC(OC(=O)CCC(OCCCCCCCC)OCCCCCCCC)C(CC(C)COC(=O)OCCCN(CC)CC)C(=O)O. The van der Waals surface area contributed by atoms with E-state index in [9.17, 15) is 19.5 Å². The van der Waals surface area contributed by atoms with Crippen LogP contribution >= 0.6 is 0 Å². The van der Waals surface area contributed by atoms with E-state index >= 15 is 0 Å². The van der Waals surface area contributed by atoms with Crippen molar-refractivity contribution in [3.05, 3.63) is 24.3 Å². The number of hydrogen-bond donors (Lipinski definition) is 1. The number of esters is 1. The van der Waals surface area contributed by atoms with E-state index in [0.29, 0.717) is 32.5 Å². The highest BCUT2D eigenvalue weighted by molar-refractivity contribution is 5.73. The van der Waals surface area contributed by atoms with Gasteiger partial charge in [0.25, 0.3) is 0 Å². The summed E-state index contributed by atoms with van der Waals surface area (Å²) in [5, 5.41) is 10.4. The molecule has 0 aliphatic rings. The van der Waals surface area contributed by atoms with Gasteiger partial charge in [0.2, 0.25) is 0 Å². The number of ether oxygens (including phenoxy) is 5. The maximum absolute atomic E-state index is 13.4. The lowest BCUT2D eigenvalue weighted by Gasteiger charge is -2.27. The zero-order valence-electron chi connectivity index (χ0n) is 39.6. The van der Waals surface area contributed by atoms with Crippen LogP contribution in [0.3, 0.4) is 0 Å². The van der Waals surface area contributed by atoms with E-state index in [4.69, 9.17) is 23.7 Å². The molecule has 1 N–H and O–H groups in total. The second kappa shape index (κ2) is 43.2. The second-order valence-electron chi connectivity index (χ2n) is 16.7. The average molecular weight is 852 g/mol. The fourth-order valence-electron chi connectivity index (χ4n) is 7.17. The molecule has 0 saturated carbocycles. The highest BCUT2D eigenvalue weighted by Gasteiger charge is 2.33. The van der Waals surface area contributed by atoms with Crippen LogP contribution in [0.4, 0.5) is 4.79 Å². The van der Waals surface area contributed by atoms with Crippen molar-refractivity contribution in [2.45, 2.75) is 221 Å². The van der Waals surface area contributed by atoms with E-state index in [1.165, 1.54) is 70.6 Å². The van der Waals surface area contributed by atoms with E-state index in [1.54, 1.807) is 0 Å². The standard InChI is InChI=1S/C50H93NO9/c1-7-12-15-18-21-22-23-24-25-26-27-28-31-35-46(45(49(53)54)42-44(6)43-59-50(55)58-41-34-38-51(10-4)11-5)60-47(52)36-37-48(56-39-32-29-19-16-13-8-2)57-40-33-30-20-17-14-9-3/h21-22,24-25,44-46,48H,7-20,23,26-43H2,1-6H3,(H,53,54)/b22-21-,25-24-. The Morgan fingerprint density at radius 1 is 0.600 bits per heavy atom. The first-order valence-electron chi connectivity index (χ1n) is 24.7. The number of aliphatic carboxylic acids is 1. The van der Waals surface area contributed by atoms with Crippen LogP contribution in [0.15, 0.2) is 24.3 Å². The lowest BCUT2D eigenvalue weighted by molar-refractivity contribution is -0.168. The monoisotopic (exact) mass is 852 g/mol. The Morgan fingerprint density at radius 2 is 1.13 bits per heavy atom. The zero-order chi connectivity index (χ0) is 44.3. The summed E-state index contributed by atoms with van der Waals surface area (Å²) in [6, 6.07) is 0. The Kier molecular flexibility index (Phi) is 41.5. The molecule has 10 nitrogen and oxygen atoms in total. The summed E-state index contributed by atoms with van der Waals surface area (Å²) in [6.45, 7) is 16.9. The summed E-state index contributed by atoms with van der Waals surface area (Å²) in [5.74, 6) is -2.68. The number of rotatable bonds is 44. The summed E-state index contributed by atoms with van der Waals surface area (Å²) < 4.78 is 29.0. The average Bonchev–Trinajstić information content (AvgIpc) is 3.24. The van der Waals surface area contributed by atoms with Gasteiger partial charge >= 0.3 is 18.1 Å². The summed E-state index contributed by atoms with van der Waals surface area (Å²) >= 11 is 0. The molecule has 0 radical (unpaired) electrons. The first kappa shape index (κ1) is 57.6. The predicted octanol–water partition coefficient (Wildman–Crippen LogP) is 13.4. The third kappa shape index (κ3) is 36.2. The number of carbonyl (C=O) groups is 3. The molecule has 3 unspecified atom stereocenters. The van der Waals surface area contributed by atoms with Crippen molar-refractivity contribution in [3.8, 4) is 0 Å². The van der Waals surface area contributed by atoms with Crippen molar-refractivity contribution in [2.75, 3.05) is 46.1 Å². The number of allylic oxidation sites excluding steroid dienone is 4. The lowest BCUT2D eigenvalue weighted by Crippen LogP contribution is -2.35. The van der Waals surface area contributed by atoms with Crippen molar-refractivity contribution in [1.82, 2.24) is 4.90 Å².